The van der Waals surface area contributed by atoms with E-state index in [-0.39, 0.29) is 12.4 Å². The molecule has 2 nitrogen and oxygen atoms in total. The third kappa shape index (κ3) is 5.03. The highest BCUT2D eigenvalue weighted by Crippen LogP contribution is 2.11. The number of hydrogen-bond donors (Lipinski definition) is 1. The summed E-state index contributed by atoms with van der Waals surface area (Å²) >= 11 is 0. The van der Waals surface area contributed by atoms with Gasteiger partial charge in [-0.1, -0.05) is 36.1 Å². The predicted octanol–water partition coefficient (Wildman–Crippen LogP) is 2.80. The number of nitrogens with zero attached hydrogens (tertiary/aromatic N) is 1. The van der Waals surface area contributed by atoms with Gasteiger partial charge in [0.15, 0.2) is 0 Å². The number of rotatable bonds is 4. The molecule has 0 aromatic heterocycles. The molecule has 2 rings (SSSR count). The molecule has 0 spiro atoms. The minimum atomic E-state index is -0.206. The lowest BCUT2D eigenvalue weighted by atomic mass is 10.1. The number of benzene rings is 2. The molecule has 21 heavy (non-hydrogen) atoms. The first-order chi connectivity index (χ1) is 10.2. The van der Waals surface area contributed by atoms with Crippen LogP contribution in [0.3, 0.4) is 0 Å². The van der Waals surface area contributed by atoms with E-state index in [1.165, 1.54) is 6.07 Å². The van der Waals surface area contributed by atoms with E-state index in [1.807, 2.05) is 37.4 Å². The minimum absolute atomic E-state index is 0.135. The minimum Gasteiger partial charge on any atom is -0.384 e. The van der Waals surface area contributed by atoms with Crippen LogP contribution in [0.15, 0.2) is 48.5 Å². The predicted molar refractivity (Wildman–Crippen MR) is 82.0 cm³/mol. The third-order valence-electron chi connectivity index (χ3n) is 3.03. The average molecular weight is 283 g/mol. The first-order valence-corrected chi connectivity index (χ1v) is 6.79. The van der Waals surface area contributed by atoms with Gasteiger partial charge in [0, 0.05) is 18.7 Å². The summed E-state index contributed by atoms with van der Waals surface area (Å²) in [6.45, 7) is 1.30. The van der Waals surface area contributed by atoms with Crippen molar-refractivity contribution in [2.24, 2.45) is 0 Å². The van der Waals surface area contributed by atoms with Crippen LogP contribution in [0, 0.1) is 17.7 Å². The van der Waals surface area contributed by atoms with E-state index in [1.54, 1.807) is 12.1 Å². The van der Waals surface area contributed by atoms with Gasteiger partial charge in [-0.3, -0.25) is 4.90 Å². The molecule has 0 aliphatic rings. The van der Waals surface area contributed by atoms with Crippen LogP contribution in [0.25, 0.3) is 0 Å². The Balaban J connectivity index is 2.00. The first-order valence-electron chi connectivity index (χ1n) is 6.79. The van der Waals surface area contributed by atoms with Gasteiger partial charge < -0.3 is 5.11 Å². The van der Waals surface area contributed by atoms with Crippen LogP contribution in [-0.2, 0) is 13.1 Å². The van der Waals surface area contributed by atoms with Gasteiger partial charge in [0.2, 0.25) is 0 Å². The van der Waals surface area contributed by atoms with Crippen molar-refractivity contribution in [2.75, 3.05) is 13.7 Å². The van der Waals surface area contributed by atoms with E-state index >= 15 is 0 Å². The summed E-state index contributed by atoms with van der Waals surface area (Å²) in [5.74, 6) is 5.33. The van der Waals surface area contributed by atoms with Gasteiger partial charge in [0.25, 0.3) is 0 Å². The van der Waals surface area contributed by atoms with Crippen LogP contribution in [0.4, 0.5) is 4.39 Å². The van der Waals surface area contributed by atoms with Crippen LogP contribution in [-0.4, -0.2) is 23.7 Å². The Labute approximate surface area is 124 Å². The summed E-state index contributed by atoms with van der Waals surface area (Å²) < 4.78 is 13.2. The maximum Gasteiger partial charge on any atom is 0.123 e. The third-order valence-corrected chi connectivity index (χ3v) is 3.03. The van der Waals surface area contributed by atoms with Crippen molar-refractivity contribution in [3.05, 3.63) is 71.0 Å². The number of aliphatic hydroxyl groups excluding tert-OH is 1. The van der Waals surface area contributed by atoms with Gasteiger partial charge in [0.1, 0.15) is 12.4 Å². The Hall–Kier alpha value is -2.15. The zero-order valence-corrected chi connectivity index (χ0v) is 12.0. The lowest BCUT2D eigenvalue weighted by Gasteiger charge is -2.17. The molecule has 0 saturated carbocycles. The van der Waals surface area contributed by atoms with Gasteiger partial charge in [-0.2, -0.15) is 0 Å². The van der Waals surface area contributed by atoms with Gasteiger partial charge in [-0.25, -0.2) is 4.39 Å². The number of hydrogen-bond acceptors (Lipinski definition) is 2. The molecule has 0 radical (unpaired) electrons. The Morgan fingerprint density at radius 1 is 1.05 bits per heavy atom. The molecule has 0 heterocycles. The molecule has 0 saturated heterocycles. The van der Waals surface area contributed by atoms with Crippen molar-refractivity contribution in [3.63, 3.8) is 0 Å². The van der Waals surface area contributed by atoms with Crippen molar-refractivity contribution in [1.29, 1.82) is 0 Å². The summed E-state index contributed by atoms with van der Waals surface area (Å²) in [6.07, 6.45) is 0. The summed E-state index contributed by atoms with van der Waals surface area (Å²) in [7, 11) is 2.00. The number of halogens is 1. The standard InChI is InChI=1S/C18H18FNO/c1-20(14-17-7-3-9-18(19)12-17)13-16-6-2-5-15(11-16)8-4-10-21/h2-3,5-7,9,11-12,21H,10,13-14H2,1H3. The molecule has 0 aliphatic carbocycles. The molecule has 0 aliphatic heterocycles. The molecular weight excluding hydrogens is 265 g/mol. The van der Waals surface area contributed by atoms with Crippen molar-refractivity contribution in [2.45, 2.75) is 13.1 Å². The van der Waals surface area contributed by atoms with Crippen LogP contribution in [0.1, 0.15) is 16.7 Å². The zero-order valence-electron chi connectivity index (χ0n) is 12.0. The highest BCUT2D eigenvalue weighted by Gasteiger charge is 2.03. The second-order valence-corrected chi connectivity index (χ2v) is 4.96. The Kier molecular flexibility index (Phi) is 5.51. The van der Waals surface area contributed by atoms with Crippen LogP contribution in [0.5, 0.6) is 0 Å². The second-order valence-electron chi connectivity index (χ2n) is 4.96. The second kappa shape index (κ2) is 7.58. The maximum atomic E-state index is 13.2. The molecule has 0 fully saturated rings. The Morgan fingerprint density at radius 3 is 2.38 bits per heavy atom. The molecule has 1 N–H and O–H groups in total. The van der Waals surface area contributed by atoms with Crippen molar-refractivity contribution < 1.29 is 9.50 Å². The highest BCUT2D eigenvalue weighted by atomic mass is 19.1. The highest BCUT2D eigenvalue weighted by molar-refractivity contribution is 5.37. The van der Waals surface area contributed by atoms with E-state index in [4.69, 9.17) is 5.11 Å². The molecule has 0 atom stereocenters. The van der Waals surface area contributed by atoms with Gasteiger partial charge in [0.05, 0.1) is 0 Å². The maximum absolute atomic E-state index is 13.2. The molecule has 2 aromatic carbocycles. The molecular formula is C18H18FNO. The summed E-state index contributed by atoms with van der Waals surface area (Å²) in [5, 5.41) is 8.72. The fraction of sp³-hybridized carbons (Fsp3) is 0.222. The summed E-state index contributed by atoms with van der Waals surface area (Å²) in [4.78, 5) is 2.12. The van der Waals surface area contributed by atoms with E-state index in [2.05, 4.69) is 16.7 Å². The van der Waals surface area contributed by atoms with Crippen molar-refractivity contribution >= 4 is 0 Å². The van der Waals surface area contributed by atoms with E-state index in [0.717, 1.165) is 23.2 Å². The molecule has 0 amide bonds. The summed E-state index contributed by atoms with van der Waals surface area (Å²) in [5.41, 5.74) is 2.98. The quantitative estimate of drug-likeness (QED) is 0.872. The van der Waals surface area contributed by atoms with E-state index < -0.39 is 0 Å². The Bertz CT molecular complexity index is 658. The molecule has 108 valence electrons. The van der Waals surface area contributed by atoms with Crippen molar-refractivity contribution in [1.82, 2.24) is 4.90 Å². The zero-order chi connectivity index (χ0) is 15.1. The van der Waals surface area contributed by atoms with Gasteiger partial charge in [-0.15, -0.1) is 0 Å². The smallest absolute Gasteiger partial charge is 0.123 e. The van der Waals surface area contributed by atoms with E-state index in [9.17, 15) is 4.39 Å². The normalized spacial score (nSPS) is 10.3. The van der Waals surface area contributed by atoms with Crippen LogP contribution in [0.2, 0.25) is 0 Å². The van der Waals surface area contributed by atoms with Crippen molar-refractivity contribution in [3.8, 4) is 11.8 Å². The Morgan fingerprint density at radius 2 is 1.71 bits per heavy atom. The molecule has 0 unspecified atom stereocenters. The van der Waals surface area contributed by atoms with Gasteiger partial charge in [-0.05, 0) is 42.4 Å². The average Bonchev–Trinajstić information content (AvgIpc) is 2.45. The fourth-order valence-corrected chi connectivity index (χ4v) is 2.20. The first kappa shape index (κ1) is 15.2. The largest absolute Gasteiger partial charge is 0.384 e. The number of aliphatic hydroxyl groups is 1. The fourth-order valence-electron chi connectivity index (χ4n) is 2.20. The lowest BCUT2D eigenvalue weighted by molar-refractivity contribution is 0.318. The van der Waals surface area contributed by atoms with E-state index in [0.29, 0.717) is 6.54 Å². The van der Waals surface area contributed by atoms with Crippen LogP contribution >= 0.6 is 0 Å². The summed E-state index contributed by atoms with van der Waals surface area (Å²) in [6, 6.07) is 14.6. The van der Waals surface area contributed by atoms with Crippen LogP contribution < -0.4 is 0 Å². The lowest BCUT2D eigenvalue weighted by Crippen LogP contribution is -2.17. The van der Waals surface area contributed by atoms with Gasteiger partial charge >= 0.3 is 0 Å². The topological polar surface area (TPSA) is 23.5 Å². The molecule has 0 bridgehead atoms. The molecule has 3 heteroatoms. The SMILES string of the molecule is CN(Cc1cccc(F)c1)Cc1cccc(C#CCO)c1. The monoisotopic (exact) mass is 283 g/mol. The molecule has 2 aromatic rings.